The molecule has 7 heteroatoms. The minimum atomic E-state index is -0.548. The van der Waals surface area contributed by atoms with Crippen molar-refractivity contribution >= 4 is 11.4 Å². The summed E-state index contributed by atoms with van der Waals surface area (Å²) >= 11 is 0. The molecule has 0 saturated carbocycles. The van der Waals surface area contributed by atoms with Crippen LogP contribution in [0.2, 0.25) is 0 Å². The molecule has 0 aliphatic carbocycles. The first-order valence-corrected chi connectivity index (χ1v) is 6.82. The first kappa shape index (κ1) is 16.5. The molecule has 0 spiro atoms. The van der Waals surface area contributed by atoms with E-state index < -0.39 is 4.92 Å². The zero-order valence-corrected chi connectivity index (χ0v) is 12.7. The van der Waals surface area contributed by atoms with Crippen molar-refractivity contribution in [1.29, 1.82) is 10.5 Å². The summed E-state index contributed by atoms with van der Waals surface area (Å²) in [5.41, 5.74) is 0.996. The second-order valence-corrected chi connectivity index (χ2v) is 4.82. The summed E-state index contributed by atoms with van der Waals surface area (Å²) in [6.45, 7) is 1.91. The second kappa shape index (κ2) is 7.43. The fraction of sp³-hybridized carbons (Fsp3) is 0.0588. The van der Waals surface area contributed by atoms with Gasteiger partial charge in [0.05, 0.1) is 11.0 Å². The van der Waals surface area contributed by atoms with E-state index in [-0.39, 0.29) is 17.0 Å². The van der Waals surface area contributed by atoms with Crippen molar-refractivity contribution in [3.63, 3.8) is 0 Å². The highest BCUT2D eigenvalue weighted by Crippen LogP contribution is 2.30. The van der Waals surface area contributed by atoms with E-state index >= 15 is 0 Å². The molecule has 0 aliphatic rings. The first-order valence-electron chi connectivity index (χ1n) is 6.82. The lowest BCUT2D eigenvalue weighted by Crippen LogP contribution is -1.95. The molecule has 0 unspecified atom stereocenters. The number of ether oxygens (including phenoxy) is 1. The lowest BCUT2D eigenvalue weighted by atomic mass is 10.2. The molecule has 2 rings (SSSR count). The third kappa shape index (κ3) is 4.33. The number of allylic oxidation sites excluding steroid dienone is 1. The largest absolute Gasteiger partial charge is 0.457 e. The smallest absolute Gasteiger partial charge is 0.275 e. The highest BCUT2D eigenvalue weighted by atomic mass is 16.6. The van der Waals surface area contributed by atoms with Crippen LogP contribution in [0.4, 0.5) is 11.4 Å². The fourth-order valence-electron chi connectivity index (χ4n) is 1.89. The molecular formula is C17H12N4O3. The van der Waals surface area contributed by atoms with Crippen LogP contribution in [0.15, 0.2) is 54.2 Å². The van der Waals surface area contributed by atoms with E-state index in [1.807, 2.05) is 19.1 Å². The second-order valence-electron chi connectivity index (χ2n) is 4.82. The summed E-state index contributed by atoms with van der Waals surface area (Å²) < 4.78 is 5.65. The van der Waals surface area contributed by atoms with Gasteiger partial charge in [-0.3, -0.25) is 10.1 Å². The van der Waals surface area contributed by atoms with E-state index in [1.54, 1.807) is 24.3 Å². The maximum Gasteiger partial charge on any atom is 0.275 e. The normalized spacial score (nSPS) is 9.29. The van der Waals surface area contributed by atoms with Gasteiger partial charge in [-0.25, -0.2) is 0 Å². The van der Waals surface area contributed by atoms with Crippen LogP contribution in [0, 0.1) is 39.7 Å². The number of anilines is 1. The molecule has 0 aliphatic heterocycles. The monoisotopic (exact) mass is 320 g/mol. The van der Waals surface area contributed by atoms with Crippen LogP contribution in [-0.2, 0) is 0 Å². The van der Waals surface area contributed by atoms with E-state index in [9.17, 15) is 10.1 Å². The average Bonchev–Trinajstić information content (AvgIpc) is 2.55. The number of nitro groups is 1. The maximum absolute atomic E-state index is 11.1. The van der Waals surface area contributed by atoms with Crippen LogP contribution in [0.3, 0.4) is 0 Å². The quantitative estimate of drug-likeness (QED) is 0.505. The Balaban J connectivity index is 2.34. The Hall–Kier alpha value is -3.84. The Bertz CT molecular complexity index is 875. The highest BCUT2D eigenvalue weighted by Gasteiger charge is 2.11. The first-order chi connectivity index (χ1) is 11.5. The summed E-state index contributed by atoms with van der Waals surface area (Å²) in [6.07, 6.45) is 1.18. The number of aryl methyl sites for hydroxylation is 1. The number of nitriles is 2. The van der Waals surface area contributed by atoms with Gasteiger partial charge < -0.3 is 10.1 Å². The molecule has 0 aromatic heterocycles. The van der Waals surface area contributed by atoms with Crippen molar-refractivity contribution < 1.29 is 9.66 Å². The predicted molar refractivity (Wildman–Crippen MR) is 87.3 cm³/mol. The van der Waals surface area contributed by atoms with Crippen LogP contribution in [-0.4, -0.2) is 4.92 Å². The van der Waals surface area contributed by atoms with Crippen LogP contribution in [0.5, 0.6) is 11.5 Å². The summed E-state index contributed by atoms with van der Waals surface area (Å²) in [5, 5.41) is 31.2. The fourth-order valence-corrected chi connectivity index (χ4v) is 1.89. The molecule has 0 heterocycles. The third-order valence-electron chi connectivity index (χ3n) is 2.95. The topological polar surface area (TPSA) is 112 Å². The summed E-state index contributed by atoms with van der Waals surface area (Å²) in [4.78, 5) is 10.5. The van der Waals surface area contributed by atoms with Gasteiger partial charge in [0.2, 0.25) is 0 Å². The summed E-state index contributed by atoms with van der Waals surface area (Å²) in [6, 6.07) is 14.8. The molecule has 2 aromatic carbocycles. The van der Waals surface area contributed by atoms with E-state index in [0.717, 1.165) is 5.56 Å². The zero-order chi connectivity index (χ0) is 17.5. The number of non-ortho nitro benzene ring substituents is 1. The number of hydrogen-bond acceptors (Lipinski definition) is 6. The number of nitro benzene ring substituents is 1. The molecule has 0 saturated heterocycles. The molecule has 7 nitrogen and oxygen atoms in total. The number of nitrogens with zero attached hydrogens (tertiary/aromatic N) is 3. The maximum atomic E-state index is 11.1. The van der Waals surface area contributed by atoms with Gasteiger partial charge in [-0.05, 0) is 24.6 Å². The van der Waals surface area contributed by atoms with Crippen LogP contribution in [0.25, 0.3) is 0 Å². The molecule has 0 fully saturated rings. The third-order valence-corrected chi connectivity index (χ3v) is 2.95. The lowest BCUT2D eigenvalue weighted by molar-refractivity contribution is -0.384. The van der Waals surface area contributed by atoms with E-state index in [1.165, 1.54) is 24.4 Å². The van der Waals surface area contributed by atoms with E-state index in [2.05, 4.69) is 5.32 Å². The average molecular weight is 320 g/mol. The summed E-state index contributed by atoms with van der Waals surface area (Å²) in [7, 11) is 0. The number of benzene rings is 2. The minimum absolute atomic E-state index is 0.150. The van der Waals surface area contributed by atoms with Gasteiger partial charge in [0.25, 0.3) is 5.69 Å². The molecule has 0 bridgehead atoms. The van der Waals surface area contributed by atoms with E-state index in [4.69, 9.17) is 15.3 Å². The Labute approximate surface area is 138 Å². The van der Waals surface area contributed by atoms with Crippen molar-refractivity contribution in [1.82, 2.24) is 0 Å². The molecule has 24 heavy (non-hydrogen) atoms. The number of nitrogens with one attached hydrogen (secondary N) is 1. The molecule has 0 radical (unpaired) electrons. The Morgan fingerprint density at radius 3 is 2.58 bits per heavy atom. The molecule has 2 aromatic rings. The lowest BCUT2D eigenvalue weighted by Gasteiger charge is -2.08. The Kier molecular flexibility index (Phi) is 5.12. The van der Waals surface area contributed by atoms with Gasteiger partial charge in [0.1, 0.15) is 29.2 Å². The molecule has 118 valence electrons. The van der Waals surface area contributed by atoms with Gasteiger partial charge in [0, 0.05) is 24.0 Å². The summed E-state index contributed by atoms with van der Waals surface area (Å²) in [5.74, 6) is 0.813. The molecule has 0 atom stereocenters. The minimum Gasteiger partial charge on any atom is -0.457 e. The van der Waals surface area contributed by atoms with Gasteiger partial charge in [-0.1, -0.05) is 12.1 Å². The van der Waals surface area contributed by atoms with Crippen molar-refractivity contribution in [3.05, 3.63) is 69.9 Å². The standard InChI is InChI=1S/C17H12N4O3/c1-12-3-2-4-16(5-12)24-17-7-14(6-15(8-17)21(22)23)20-11-13(9-18)10-19/h2-8,11,20H,1H3. The van der Waals surface area contributed by atoms with Gasteiger partial charge in [-0.2, -0.15) is 10.5 Å². The predicted octanol–water partition coefficient (Wildman–Crippen LogP) is 4.04. The SMILES string of the molecule is Cc1cccc(Oc2cc(NC=C(C#N)C#N)cc([N+](=O)[O-])c2)c1. The van der Waals surface area contributed by atoms with E-state index in [0.29, 0.717) is 11.4 Å². The van der Waals surface area contributed by atoms with Crippen molar-refractivity contribution in [2.24, 2.45) is 0 Å². The molecule has 0 amide bonds. The molecule has 1 N–H and O–H groups in total. The number of rotatable bonds is 5. The van der Waals surface area contributed by atoms with Crippen LogP contribution in [0.1, 0.15) is 5.56 Å². The molecular weight excluding hydrogens is 308 g/mol. The highest BCUT2D eigenvalue weighted by molar-refractivity contribution is 5.59. The Morgan fingerprint density at radius 1 is 1.21 bits per heavy atom. The zero-order valence-electron chi connectivity index (χ0n) is 12.7. The van der Waals surface area contributed by atoms with Crippen molar-refractivity contribution in [2.45, 2.75) is 6.92 Å². The van der Waals surface area contributed by atoms with Crippen molar-refractivity contribution in [2.75, 3.05) is 5.32 Å². The van der Waals surface area contributed by atoms with Gasteiger partial charge >= 0.3 is 0 Å². The number of hydrogen-bond donors (Lipinski definition) is 1. The van der Waals surface area contributed by atoms with Gasteiger partial charge in [-0.15, -0.1) is 0 Å². The Morgan fingerprint density at radius 2 is 1.96 bits per heavy atom. The van der Waals surface area contributed by atoms with Gasteiger partial charge in [0.15, 0.2) is 0 Å². The van der Waals surface area contributed by atoms with Crippen LogP contribution >= 0.6 is 0 Å². The van der Waals surface area contributed by atoms with Crippen molar-refractivity contribution in [3.8, 4) is 23.6 Å². The van der Waals surface area contributed by atoms with Crippen LogP contribution < -0.4 is 10.1 Å².